The second kappa shape index (κ2) is 10.3. The Hall–Kier alpha value is -2.55. The zero-order valence-corrected chi connectivity index (χ0v) is 18.0. The first-order chi connectivity index (χ1) is 14.1. The topological polar surface area (TPSA) is 71.5 Å². The molecule has 29 heavy (non-hydrogen) atoms. The molecule has 0 aliphatic rings. The average Bonchev–Trinajstić information content (AvgIpc) is 2.71. The van der Waals surface area contributed by atoms with Crippen LogP contribution < -0.4 is 19.7 Å². The van der Waals surface area contributed by atoms with Crippen molar-refractivity contribution in [2.24, 2.45) is 0 Å². The van der Waals surface area contributed by atoms with E-state index in [-0.39, 0.29) is 0 Å². The molecule has 154 valence electrons. The summed E-state index contributed by atoms with van der Waals surface area (Å²) in [6.07, 6.45) is 2.42. The summed E-state index contributed by atoms with van der Waals surface area (Å²) in [5, 5.41) is 4.42. The predicted octanol–water partition coefficient (Wildman–Crippen LogP) is 4.08. The Morgan fingerprint density at radius 1 is 1.07 bits per heavy atom. The van der Waals surface area contributed by atoms with E-state index in [1.165, 1.54) is 0 Å². The van der Waals surface area contributed by atoms with Gasteiger partial charge in [0.15, 0.2) is 0 Å². The van der Waals surface area contributed by atoms with E-state index >= 15 is 0 Å². The highest BCUT2D eigenvalue weighted by atomic mass is 32.2. The van der Waals surface area contributed by atoms with Crippen molar-refractivity contribution in [1.82, 2.24) is 14.7 Å². The first-order valence-electron chi connectivity index (χ1n) is 9.41. The van der Waals surface area contributed by atoms with Crippen molar-refractivity contribution < 1.29 is 9.47 Å². The van der Waals surface area contributed by atoms with E-state index in [2.05, 4.69) is 43.1 Å². The van der Waals surface area contributed by atoms with E-state index in [0.717, 1.165) is 45.2 Å². The number of hydrogen-bond acceptors (Lipinski definition) is 8. The molecule has 2 aromatic carbocycles. The van der Waals surface area contributed by atoms with Crippen LogP contribution in [0, 0.1) is 0 Å². The average molecular weight is 414 g/mol. The summed E-state index contributed by atoms with van der Waals surface area (Å²) in [6.45, 7) is 1.29. The van der Waals surface area contributed by atoms with Gasteiger partial charge in [0.1, 0.15) is 17.9 Å². The molecule has 8 heteroatoms. The molecular formula is C21H27N5O2S. The number of nitrogens with one attached hydrogen (secondary N) is 2. The maximum atomic E-state index is 5.79. The van der Waals surface area contributed by atoms with Gasteiger partial charge in [0.25, 0.3) is 0 Å². The zero-order valence-electron chi connectivity index (χ0n) is 17.2. The van der Waals surface area contributed by atoms with Crippen molar-refractivity contribution in [3.8, 4) is 5.75 Å². The van der Waals surface area contributed by atoms with Crippen LogP contribution >= 0.6 is 11.9 Å². The molecule has 0 radical (unpaired) electrons. The third kappa shape index (κ3) is 5.50. The molecule has 3 aromatic rings. The molecule has 0 unspecified atom stereocenters. The largest absolute Gasteiger partial charge is 0.493 e. The maximum absolute atomic E-state index is 5.79. The van der Waals surface area contributed by atoms with Gasteiger partial charge in [0.2, 0.25) is 0 Å². The molecule has 0 fully saturated rings. The van der Waals surface area contributed by atoms with E-state index in [1.54, 1.807) is 25.4 Å². The van der Waals surface area contributed by atoms with Crippen LogP contribution in [-0.2, 0) is 4.74 Å². The first-order valence-corrected chi connectivity index (χ1v) is 10.2. The van der Waals surface area contributed by atoms with Gasteiger partial charge in [-0.15, -0.1) is 0 Å². The Labute approximate surface area is 176 Å². The fourth-order valence-electron chi connectivity index (χ4n) is 2.93. The lowest BCUT2D eigenvalue weighted by Crippen LogP contribution is -2.11. The van der Waals surface area contributed by atoms with Gasteiger partial charge < -0.3 is 19.7 Å². The minimum absolute atomic E-state index is 0.609. The Morgan fingerprint density at radius 3 is 2.69 bits per heavy atom. The summed E-state index contributed by atoms with van der Waals surface area (Å²) < 4.78 is 14.0. The van der Waals surface area contributed by atoms with Gasteiger partial charge in [0, 0.05) is 50.6 Å². The summed E-state index contributed by atoms with van der Waals surface area (Å²) in [4.78, 5) is 12.1. The van der Waals surface area contributed by atoms with Crippen molar-refractivity contribution in [3.05, 3.63) is 42.7 Å². The summed E-state index contributed by atoms with van der Waals surface area (Å²) >= 11 is 1.57. The van der Waals surface area contributed by atoms with E-state index in [0.29, 0.717) is 13.2 Å². The van der Waals surface area contributed by atoms with E-state index in [4.69, 9.17) is 9.47 Å². The molecule has 0 aliphatic heterocycles. The van der Waals surface area contributed by atoms with Gasteiger partial charge in [-0.1, -0.05) is 0 Å². The minimum Gasteiger partial charge on any atom is -0.493 e. The van der Waals surface area contributed by atoms with Gasteiger partial charge >= 0.3 is 0 Å². The molecule has 0 saturated heterocycles. The number of ether oxygens (including phenoxy) is 2. The number of benzene rings is 2. The quantitative estimate of drug-likeness (QED) is 0.381. The van der Waals surface area contributed by atoms with Gasteiger partial charge in [0.05, 0.1) is 23.5 Å². The molecule has 0 aliphatic carbocycles. The second-order valence-corrected chi connectivity index (χ2v) is 7.68. The number of aromatic nitrogens is 2. The monoisotopic (exact) mass is 413 g/mol. The summed E-state index contributed by atoms with van der Waals surface area (Å²) in [7, 11) is 7.65. The number of rotatable bonds is 10. The number of nitrogens with zero attached hydrogens (tertiary/aromatic N) is 3. The van der Waals surface area contributed by atoms with Crippen molar-refractivity contribution in [3.63, 3.8) is 0 Å². The lowest BCUT2D eigenvalue weighted by molar-refractivity contribution is 0.172. The summed E-state index contributed by atoms with van der Waals surface area (Å²) in [6, 6.07) is 12.2. The van der Waals surface area contributed by atoms with Gasteiger partial charge in [-0.25, -0.2) is 9.97 Å². The van der Waals surface area contributed by atoms with Crippen molar-refractivity contribution in [2.45, 2.75) is 11.3 Å². The molecular weight excluding hydrogens is 386 g/mol. The molecule has 3 rings (SSSR count). The SMILES string of the molecule is CNSc1ccc(N(C)C)c(Nc2ncnc3cc(OCCCOC)ccc23)c1. The first kappa shape index (κ1) is 21.2. The predicted molar refractivity (Wildman–Crippen MR) is 120 cm³/mol. The fourth-order valence-corrected chi connectivity index (χ4v) is 3.48. The zero-order chi connectivity index (χ0) is 20.6. The Kier molecular flexibility index (Phi) is 7.51. The van der Waals surface area contributed by atoms with Gasteiger partial charge in [-0.05, 0) is 49.3 Å². The normalized spacial score (nSPS) is 10.9. The smallest absolute Gasteiger partial charge is 0.141 e. The Bertz CT molecular complexity index is 952. The molecule has 1 aromatic heterocycles. The maximum Gasteiger partial charge on any atom is 0.141 e. The highest BCUT2D eigenvalue weighted by Crippen LogP contribution is 2.33. The molecule has 0 saturated carbocycles. The van der Waals surface area contributed by atoms with E-state index in [9.17, 15) is 0 Å². The summed E-state index contributed by atoms with van der Waals surface area (Å²) in [5.41, 5.74) is 2.89. The van der Waals surface area contributed by atoms with Crippen molar-refractivity contribution >= 4 is 40.0 Å². The number of fused-ring (bicyclic) bond motifs is 1. The van der Waals surface area contributed by atoms with Crippen molar-refractivity contribution in [2.75, 3.05) is 51.7 Å². The standard InChI is InChI=1S/C21H27N5O2S/c1-22-29-16-7-9-20(26(2)3)19(13-16)25-21-17-8-6-15(28-11-5-10-27-4)12-18(17)23-14-24-21/h6-9,12-14,22H,5,10-11H2,1-4H3,(H,23,24,25). The van der Waals surface area contributed by atoms with Crippen LogP contribution in [0.5, 0.6) is 5.75 Å². The highest BCUT2D eigenvalue weighted by Gasteiger charge is 2.11. The summed E-state index contributed by atoms with van der Waals surface area (Å²) in [5.74, 6) is 1.55. The highest BCUT2D eigenvalue weighted by molar-refractivity contribution is 7.97. The molecule has 1 heterocycles. The van der Waals surface area contributed by atoms with Crippen LogP contribution in [0.3, 0.4) is 0 Å². The molecule has 0 atom stereocenters. The minimum atomic E-state index is 0.609. The lowest BCUT2D eigenvalue weighted by Gasteiger charge is -2.19. The fraction of sp³-hybridized carbons (Fsp3) is 0.333. The van der Waals surface area contributed by atoms with E-state index < -0.39 is 0 Å². The van der Waals surface area contributed by atoms with Crippen LogP contribution in [0.25, 0.3) is 10.9 Å². The lowest BCUT2D eigenvalue weighted by atomic mass is 10.2. The number of methoxy groups -OCH3 is 1. The second-order valence-electron chi connectivity index (χ2n) is 6.60. The molecule has 0 bridgehead atoms. The Balaban J connectivity index is 1.87. The molecule has 0 spiro atoms. The third-order valence-corrected chi connectivity index (χ3v) is 4.99. The van der Waals surface area contributed by atoms with Crippen LogP contribution in [-0.4, -0.2) is 51.4 Å². The molecule has 0 amide bonds. The third-order valence-electron chi connectivity index (χ3n) is 4.29. The van der Waals surface area contributed by atoms with Crippen LogP contribution in [0.2, 0.25) is 0 Å². The van der Waals surface area contributed by atoms with Crippen molar-refractivity contribution in [1.29, 1.82) is 0 Å². The molecule has 2 N–H and O–H groups in total. The van der Waals surface area contributed by atoms with Crippen LogP contribution in [0.1, 0.15) is 6.42 Å². The van der Waals surface area contributed by atoms with Crippen LogP contribution in [0.4, 0.5) is 17.2 Å². The number of hydrogen-bond donors (Lipinski definition) is 2. The molecule has 7 nitrogen and oxygen atoms in total. The Morgan fingerprint density at radius 2 is 1.93 bits per heavy atom. The van der Waals surface area contributed by atoms with Crippen LogP contribution in [0.15, 0.2) is 47.6 Å². The van der Waals surface area contributed by atoms with Gasteiger partial charge in [-0.2, -0.15) is 0 Å². The van der Waals surface area contributed by atoms with Gasteiger partial charge in [-0.3, -0.25) is 4.72 Å². The van der Waals surface area contributed by atoms with E-state index in [1.807, 2.05) is 39.3 Å². The number of anilines is 3.